The van der Waals surface area contributed by atoms with E-state index in [-0.39, 0.29) is 6.15 Å². The Morgan fingerprint density at radius 1 is 0.950 bits per heavy atom. The molecule has 20 heavy (non-hydrogen) atoms. The van der Waals surface area contributed by atoms with Crippen molar-refractivity contribution in [3.8, 4) is 0 Å². The number of aliphatic hydroxyl groups excluding tert-OH is 1. The predicted molar refractivity (Wildman–Crippen MR) is 78.8 cm³/mol. The van der Waals surface area contributed by atoms with E-state index in [0.717, 1.165) is 6.42 Å². The first-order valence-corrected chi connectivity index (χ1v) is 8.86. The van der Waals surface area contributed by atoms with Gasteiger partial charge in [-0.3, -0.25) is 0 Å². The SMILES string of the molecule is CCCCCCCCCCCO.O=[P+]([O-])O[P+](=O)O.[NH4+]. The molecule has 0 aromatic rings. The third-order valence-electron chi connectivity index (χ3n) is 2.40. The molecule has 0 aliphatic rings. The second-order valence-corrected chi connectivity index (χ2v) is 5.67. The van der Waals surface area contributed by atoms with Gasteiger partial charge in [-0.2, -0.15) is 0 Å². The molecule has 122 valence electrons. The van der Waals surface area contributed by atoms with E-state index in [9.17, 15) is 14.0 Å². The van der Waals surface area contributed by atoms with Crippen molar-refractivity contribution in [1.82, 2.24) is 6.15 Å². The topological polar surface area (TPSA) is 143 Å². The molecule has 2 atom stereocenters. The molecular weight excluding hydrogens is 304 g/mol. The maximum atomic E-state index is 9.35. The van der Waals surface area contributed by atoms with E-state index in [1.165, 1.54) is 51.4 Å². The van der Waals surface area contributed by atoms with Gasteiger partial charge >= 0.3 is 16.5 Å². The zero-order chi connectivity index (χ0) is 14.9. The maximum Gasteiger partial charge on any atom is 0.741 e. The summed E-state index contributed by atoms with van der Waals surface area (Å²) in [5, 5.41) is 8.54. The molecule has 0 aliphatic heterocycles. The fourth-order valence-electron chi connectivity index (χ4n) is 1.48. The predicted octanol–water partition coefficient (Wildman–Crippen LogP) is 3.56. The highest BCUT2D eigenvalue weighted by Crippen LogP contribution is 2.27. The van der Waals surface area contributed by atoms with Gasteiger partial charge in [0.1, 0.15) is 4.31 Å². The van der Waals surface area contributed by atoms with Crippen molar-refractivity contribution in [1.29, 1.82) is 0 Å². The lowest BCUT2D eigenvalue weighted by Crippen LogP contribution is -1.84. The minimum Gasteiger partial charge on any atom is -0.563 e. The molecule has 0 fully saturated rings. The molecule has 9 heteroatoms. The molecule has 0 spiro atoms. The van der Waals surface area contributed by atoms with Gasteiger partial charge in [0.15, 0.2) is 0 Å². The second-order valence-electron chi connectivity index (χ2n) is 4.10. The molecule has 2 unspecified atom stereocenters. The number of hydrogen-bond acceptors (Lipinski definition) is 5. The van der Waals surface area contributed by atoms with Crippen LogP contribution >= 0.6 is 16.5 Å². The van der Waals surface area contributed by atoms with Crippen molar-refractivity contribution in [3.63, 3.8) is 0 Å². The van der Waals surface area contributed by atoms with Crippen molar-refractivity contribution < 1.29 is 28.3 Å². The average Bonchev–Trinajstić information content (AvgIpc) is 2.32. The summed E-state index contributed by atoms with van der Waals surface area (Å²) in [5.74, 6) is 0. The number of quaternary nitrogens is 1. The third kappa shape index (κ3) is 30.8. The molecule has 0 saturated carbocycles. The summed E-state index contributed by atoms with van der Waals surface area (Å²) >= 11 is 0. The van der Waals surface area contributed by atoms with Gasteiger partial charge in [-0.05, 0) is 11.0 Å². The minimum absolute atomic E-state index is 0. The molecule has 0 bridgehead atoms. The Balaban J connectivity index is -0.000000312. The summed E-state index contributed by atoms with van der Waals surface area (Å²) in [6.45, 7) is 2.62. The number of hydrogen-bond donors (Lipinski definition) is 3. The Kier molecular flexibility index (Phi) is 26.6. The fourth-order valence-corrected chi connectivity index (χ4v) is 1.94. The summed E-state index contributed by atoms with van der Waals surface area (Å²) in [6, 6.07) is 0. The molecule has 0 amide bonds. The fraction of sp³-hybridized carbons (Fsp3) is 1.00. The summed E-state index contributed by atoms with van der Waals surface area (Å²) < 4.78 is 21.9. The van der Waals surface area contributed by atoms with Crippen molar-refractivity contribution in [2.45, 2.75) is 64.7 Å². The molecular formula is C11H29NO6P2+2. The van der Waals surface area contributed by atoms with Crippen LogP contribution < -0.4 is 11.0 Å². The van der Waals surface area contributed by atoms with E-state index in [1.807, 2.05) is 0 Å². The Labute approximate surface area is 123 Å². The molecule has 0 rings (SSSR count). The van der Waals surface area contributed by atoms with Crippen LogP contribution in [0.25, 0.3) is 0 Å². The van der Waals surface area contributed by atoms with Gasteiger partial charge in [0, 0.05) is 11.2 Å². The summed E-state index contributed by atoms with van der Waals surface area (Å²) in [6.07, 6.45) is 11.8. The van der Waals surface area contributed by atoms with E-state index >= 15 is 0 Å². The number of rotatable bonds is 11. The highest BCUT2D eigenvalue weighted by molar-refractivity contribution is 7.45. The normalized spacial score (nSPS) is 11.0. The Bertz CT molecular complexity index is 209. The van der Waals surface area contributed by atoms with E-state index in [0.29, 0.717) is 6.61 Å². The van der Waals surface area contributed by atoms with E-state index in [1.54, 1.807) is 0 Å². The third-order valence-corrected chi connectivity index (χ3v) is 3.49. The van der Waals surface area contributed by atoms with Crippen LogP contribution in [0.5, 0.6) is 0 Å². The zero-order valence-corrected chi connectivity index (χ0v) is 14.3. The largest absolute Gasteiger partial charge is 0.741 e. The van der Waals surface area contributed by atoms with Gasteiger partial charge in [0.25, 0.3) is 0 Å². The molecule has 0 aromatic heterocycles. The summed E-state index contributed by atoms with van der Waals surface area (Å²) in [7, 11) is -6.16. The van der Waals surface area contributed by atoms with Crippen LogP contribution in [-0.2, 0) is 13.4 Å². The monoisotopic (exact) mass is 333 g/mol. The van der Waals surface area contributed by atoms with Crippen LogP contribution in [0.15, 0.2) is 0 Å². The van der Waals surface area contributed by atoms with E-state index in [2.05, 4.69) is 11.2 Å². The molecule has 7 nitrogen and oxygen atoms in total. The van der Waals surface area contributed by atoms with Crippen LogP contribution in [0, 0.1) is 0 Å². The second kappa shape index (κ2) is 21.3. The zero-order valence-electron chi connectivity index (χ0n) is 12.5. The lowest BCUT2D eigenvalue weighted by molar-refractivity contribution is -0.178. The van der Waals surface area contributed by atoms with Crippen LogP contribution in [0.2, 0.25) is 0 Å². The highest BCUT2D eigenvalue weighted by atomic mass is 31.2. The first-order valence-electron chi connectivity index (χ1n) is 6.64. The maximum absolute atomic E-state index is 9.35. The molecule has 0 heterocycles. The number of unbranched alkanes of at least 4 members (excludes halogenated alkanes) is 8. The Morgan fingerprint density at radius 2 is 1.35 bits per heavy atom. The smallest absolute Gasteiger partial charge is 0.563 e. The van der Waals surface area contributed by atoms with Gasteiger partial charge in [-0.25, -0.2) is 0 Å². The first-order chi connectivity index (χ1) is 9.04. The molecule has 0 aromatic carbocycles. The van der Waals surface area contributed by atoms with E-state index in [4.69, 9.17) is 10.00 Å². The van der Waals surface area contributed by atoms with Gasteiger partial charge < -0.3 is 16.2 Å². The van der Waals surface area contributed by atoms with Crippen LogP contribution in [0.4, 0.5) is 0 Å². The first kappa shape index (κ1) is 25.0. The Hall–Kier alpha value is -0.0000000000000000416. The molecule has 0 radical (unpaired) electrons. The number of aliphatic hydroxyl groups is 1. The standard InChI is InChI=1S/C11H24O.H3N.O5P2/c1-2-3-4-5-6-7-8-9-10-11-12;;1-6(2)5-7(3)4/h12H,2-11H2,1H3;1H3;/p+2. The van der Waals surface area contributed by atoms with Crippen LogP contribution in [0.3, 0.4) is 0 Å². The van der Waals surface area contributed by atoms with E-state index < -0.39 is 16.5 Å². The minimum atomic E-state index is -3.17. The van der Waals surface area contributed by atoms with Crippen molar-refractivity contribution in [3.05, 3.63) is 0 Å². The van der Waals surface area contributed by atoms with Crippen molar-refractivity contribution in [2.75, 3.05) is 6.61 Å². The quantitative estimate of drug-likeness (QED) is 0.389. The molecule has 0 saturated heterocycles. The lowest BCUT2D eigenvalue weighted by atomic mass is 10.1. The van der Waals surface area contributed by atoms with Crippen LogP contribution in [-0.4, -0.2) is 16.6 Å². The Morgan fingerprint density at radius 3 is 1.60 bits per heavy atom. The van der Waals surface area contributed by atoms with Crippen LogP contribution in [0.1, 0.15) is 64.7 Å². The molecule has 0 aliphatic carbocycles. The lowest BCUT2D eigenvalue weighted by Gasteiger charge is -1.99. The van der Waals surface area contributed by atoms with Crippen molar-refractivity contribution >= 4 is 16.5 Å². The van der Waals surface area contributed by atoms with Gasteiger partial charge in [0.05, 0.1) is 0 Å². The molecule has 6 N–H and O–H groups in total. The van der Waals surface area contributed by atoms with Gasteiger partial charge in [-0.1, -0.05) is 58.3 Å². The highest BCUT2D eigenvalue weighted by Gasteiger charge is 2.23. The summed E-state index contributed by atoms with van der Waals surface area (Å²) in [4.78, 5) is 16.9. The van der Waals surface area contributed by atoms with Gasteiger partial charge in [-0.15, -0.1) is 4.89 Å². The average molecular weight is 333 g/mol. The van der Waals surface area contributed by atoms with Gasteiger partial charge in [0.2, 0.25) is 0 Å². The van der Waals surface area contributed by atoms with Crippen molar-refractivity contribution in [2.24, 2.45) is 0 Å². The summed E-state index contributed by atoms with van der Waals surface area (Å²) in [5.41, 5.74) is 0.